The number of hydrogen-bond acceptors (Lipinski definition) is 4. The number of amides is 3. The molecular weight excluding hydrogens is 378 g/mol. The highest BCUT2D eigenvalue weighted by atomic mass is 35.5. The molecule has 0 aliphatic carbocycles. The van der Waals surface area contributed by atoms with E-state index in [4.69, 9.17) is 16.7 Å². The molecule has 1 atom stereocenters. The van der Waals surface area contributed by atoms with Gasteiger partial charge in [-0.15, -0.1) is 11.3 Å². The van der Waals surface area contributed by atoms with E-state index in [1.807, 2.05) is 5.38 Å². The van der Waals surface area contributed by atoms with E-state index in [2.05, 4.69) is 10.6 Å². The van der Waals surface area contributed by atoms with Crippen molar-refractivity contribution in [3.8, 4) is 0 Å². The average Bonchev–Trinajstić information content (AvgIpc) is 3.26. The van der Waals surface area contributed by atoms with Gasteiger partial charge in [-0.2, -0.15) is 0 Å². The van der Waals surface area contributed by atoms with Gasteiger partial charge in [0.05, 0.1) is 23.2 Å². The second-order valence-electron chi connectivity index (χ2n) is 5.69. The van der Waals surface area contributed by atoms with Gasteiger partial charge in [0.15, 0.2) is 0 Å². The number of benzene rings is 1. The van der Waals surface area contributed by atoms with E-state index >= 15 is 0 Å². The maximum atomic E-state index is 12.6. The first-order valence-electron chi connectivity index (χ1n) is 7.86. The molecule has 2 heterocycles. The molecule has 0 spiro atoms. The molecular formula is C17H16ClN3O4S. The summed E-state index contributed by atoms with van der Waals surface area (Å²) in [5.74, 6) is -1.43. The minimum Gasteiger partial charge on any atom is -0.481 e. The molecule has 1 unspecified atom stereocenters. The SMILES string of the molecule is O=C(O)CC(NC(=O)c1ccc(Cl)c(N2CCNC2=O)c1)c1cccs1. The van der Waals surface area contributed by atoms with E-state index in [0.717, 1.165) is 4.88 Å². The molecule has 2 aromatic rings. The van der Waals surface area contributed by atoms with Crippen molar-refractivity contribution in [2.24, 2.45) is 0 Å². The predicted molar refractivity (Wildman–Crippen MR) is 99.0 cm³/mol. The van der Waals surface area contributed by atoms with Crippen molar-refractivity contribution in [3.63, 3.8) is 0 Å². The molecule has 1 aliphatic rings. The van der Waals surface area contributed by atoms with Crippen LogP contribution < -0.4 is 15.5 Å². The molecule has 7 nitrogen and oxygen atoms in total. The van der Waals surface area contributed by atoms with E-state index in [1.54, 1.807) is 24.3 Å². The highest BCUT2D eigenvalue weighted by Crippen LogP contribution is 2.29. The Morgan fingerprint density at radius 1 is 1.38 bits per heavy atom. The van der Waals surface area contributed by atoms with E-state index in [1.165, 1.54) is 22.3 Å². The lowest BCUT2D eigenvalue weighted by molar-refractivity contribution is -0.137. The first-order chi connectivity index (χ1) is 12.5. The van der Waals surface area contributed by atoms with Gasteiger partial charge in [0, 0.05) is 23.5 Å². The van der Waals surface area contributed by atoms with Crippen LogP contribution in [-0.4, -0.2) is 36.1 Å². The Bertz CT molecular complexity index is 841. The van der Waals surface area contributed by atoms with E-state index < -0.39 is 17.9 Å². The predicted octanol–water partition coefficient (Wildman–Crippen LogP) is 2.88. The molecule has 136 valence electrons. The smallest absolute Gasteiger partial charge is 0.322 e. The van der Waals surface area contributed by atoms with Crippen molar-refractivity contribution in [2.45, 2.75) is 12.5 Å². The molecule has 0 saturated carbocycles. The molecule has 1 aromatic carbocycles. The Labute approximate surface area is 158 Å². The Morgan fingerprint density at radius 3 is 2.81 bits per heavy atom. The Morgan fingerprint density at radius 2 is 2.19 bits per heavy atom. The van der Waals surface area contributed by atoms with Crippen molar-refractivity contribution in [2.75, 3.05) is 18.0 Å². The van der Waals surface area contributed by atoms with Crippen LogP contribution in [0.4, 0.5) is 10.5 Å². The molecule has 3 N–H and O–H groups in total. The number of nitrogens with zero attached hydrogens (tertiary/aromatic N) is 1. The van der Waals surface area contributed by atoms with Crippen LogP contribution >= 0.6 is 22.9 Å². The van der Waals surface area contributed by atoms with Crippen molar-refractivity contribution in [1.29, 1.82) is 0 Å². The number of carboxylic acid groups (broad SMARTS) is 1. The fraction of sp³-hybridized carbons (Fsp3) is 0.235. The monoisotopic (exact) mass is 393 g/mol. The molecule has 0 bridgehead atoms. The molecule has 1 saturated heterocycles. The van der Waals surface area contributed by atoms with Gasteiger partial charge in [-0.05, 0) is 29.6 Å². The molecule has 9 heteroatoms. The number of carbonyl (C=O) groups excluding carboxylic acids is 2. The molecule has 3 amide bonds. The number of hydrogen-bond donors (Lipinski definition) is 3. The van der Waals surface area contributed by atoms with Gasteiger partial charge in [-0.1, -0.05) is 17.7 Å². The first-order valence-corrected chi connectivity index (χ1v) is 9.12. The number of anilines is 1. The summed E-state index contributed by atoms with van der Waals surface area (Å²) >= 11 is 7.55. The standard InChI is InChI=1S/C17H16ClN3O4S/c18-11-4-3-10(8-13(11)21-6-5-19-17(21)25)16(24)20-12(9-15(22)23)14-2-1-7-26-14/h1-4,7-8,12H,5-6,9H2,(H,19,25)(H,20,24)(H,22,23). The van der Waals surface area contributed by atoms with Crippen molar-refractivity contribution in [1.82, 2.24) is 10.6 Å². The van der Waals surface area contributed by atoms with E-state index in [0.29, 0.717) is 29.4 Å². The third-order valence-corrected chi connectivity index (χ3v) is 5.23. The highest BCUT2D eigenvalue weighted by Gasteiger charge is 2.25. The maximum Gasteiger partial charge on any atom is 0.322 e. The van der Waals surface area contributed by atoms with Crippen LogP contribution in [0.15, 0.2) is 35.7 Å². The first kappa shape index (κ1) is 18.2. The lowest BCUT2D eigenvalue weighted by Crippen LogP contribution is -2.31. The normalized spacial score (nSPS) is 14.8. The third-order valence-electron chi connectivity index (χ3n) is 3.93. The minimum absolute atomic E-state index is 0.221. The molecule has 1 fully saturated rings. The van der Waals surface area contributed by atoms with E-state index in [9.17, 15) is 14.4 Å². The summed E-state index contributed by atoms with van der Waals surface area (Å²) < 4.78 is 0. The number of urea groups is 1. The number of carbonyl (C=O) groups is 3. The molecule has 0 radical (unpaired) electrons. The summed E-state index contributed by atoms with van der Waals surface area (Å²) in [4.78, 5) is 37.8. The summed E-state index contributed by atoms with van der Waals surface area (Å²) in [6.07, 6.45) is -0.221. The van der Waals surface area contributed by atoms with Crippen LogP contribution in [0.1, 0.15) is 27.7 Å². The molecule has 26 heavy (non-hydrogen) atoms. The van der Waals surface area contributed by atoms with Crippen molar-refractivity contribution >= 4 is 46.5 Å². The summed E-state index contributed by atoms with van der Waals surface area (Å²) in [6, 6.07) is 7.31. The topological polar surface area (TPSA) is 98.7 Å². The largest absolute Gasteiger partial charge is 0.481 e. The zero-order valence-corrected chi connectivity index (χ0v) is 15.1. The van der Waals surface area contributed by atoms with E-state index in [-0.39, 0.29) is 12.5 Å². The lowest BCUT2D eigenvalue weighted by atomic mass is 10.1. The number of aliphatic carboxylic acids is 1. The van der Waals surface area contributed by atoms with Crippen molar-refractivity contribution in [3.05, 3.63) is 51.2 Å². The third kappa shape index (κ3) is 3.97. The highest BCUT2D eigenvalue weighted by molar-refractivity contribution is 7.10. The lowest BCUT2D eigenvalue weighted by Gasteiger charge is -2.19. The van der Waals surface area contributed by atoms with Gasteiger partial charge in [-0.3, -0.25) is 14.5 Å². The minimum atomic E-state index is -1.01. The Balaban J connectivity index is 1.82. The van der Waals surface area contributed by atoms with Crippen LogP contribution in [0, 0.1) is 0 Å². The van der Waals surface area contributed by atoms with Gasteiger partial charge in [0.25, 0.3) is 5.91 Å². The Kier molecular flexibility index (Phi) is 5.43. The van der Waals surface area contributed by atoms with Crippen LogP contribution in [0.5, 0.6) is 0 Å². The fourth-order valence-corrected chi connectivity index (χ4v) is 3.69. The fourth-order valence-electron chi connectivity index (χ4n) is 2.69. The zero-order valence-electron chi connectivity index (χ0n) is 13.6. The van der Waals surface area contributed by atoms with Gasteiger partial charge < -0.3 is 15.7 Å². The molecule has 3 rings (SSSR count). The summed E-state index contributed by atoms with van der Waals surface area (Å²) in [6.45, 7) is 0.963. The number of nitrogens with one attached hydrogen (secondary N) is 2. The summed E-state index contributed by atoms with van der Waals surface area (Å²) in [5, 5.41) is 16.7. The number of rotatable bonds is 6. The van der Waals surface area contributed by atoms with Crippen LogP contribution in [0.25, 0.3) is 0 Å². The summed E-state index contributed by atoms with van der Waals surface area (Å²) in [5.41, 5.74) is 0.747. The van der Waals surface area contributed by atoms with Gasteiger partial charge in [-0.25, -0.2) is 4.79 Å². The maximum absolute atomic E-state index is 12.6. The second kappa shape index (κ2) is 7.76. The van der Waals surface area contributed by atoms with Crippen molar-refractivity contribution < 1.29 is 19.5 Å². The van der Waals surface area contributed by atoms with Gasteiger partial charge >= 0.3 is 12.0 Å². The molecule has 1 aliphatic heterocycles. The molecule has 1 aromatic heterocycles. The zero-order chi connectivity index (χ0) is 18.7. The summed E-state index contributed by atoms with van der Waals surface area (Å²) in [7, 11) is 0. The van der Waals surface area contributed by atoms with Crippen LogP contribution in [0.2, 0.25) is 5.02 Å². The second-order valence-corrected chi connectivity index (χ2v) is 7.08. The van der Waals surface area contributed by atoms with Crippen LogP contribution in [-0.2, 0) is 4.79 Å². The number of carboxylic acids is 1. The Hall–Kier alpha value is -2.58. The van der Waals surface area contributed by atoms with Crippen LogP contribution in [0.3, 0.4) is 0 Å². The average molecular weight is 394 g/mol. The van der Waals surface area contributed by atoms with Gasteiger partial charge in [0.1, 0.15) is 0 Å². The quantitative estimate of drug-likeness (QED) is 0.702. The number of halogens is 1. The number of thiophene rings is 1. The van der Waals surface area contributed by atoms with Gasteiger partial charge in [0.2, 0.25) is 0 Å².